The number of aromatic nitrogens is 3. The molecule has 2 heterocycles. The zero-order chi connectivity index (χ0) is 22.7. The van der Waals surface area contributed by atoms with E-state index in [-0.39, 0.29) is 16.5 Å². The molecule has 0 radical (unpaired) electrons. The Morgan fingerprint density at radius 3 is 2.22 bits per heavy atom. The van der Waals surface area contributed by atoms with Gasteiger partial charge in [-0.25, -0.2) is 4.39 Å². The molecule has 7 heteroatoms. The van der Waals surface area contributed by atoms with E-state index in [1.54, 1.807) is 36.5 Å². The second-order valence-corrected chi connectivity index (χ2v) is 7.25. The molecule has 0 amide bonds. The van der Waals surface area contributed by atoms with E-state index in [0.29, 0.717) is 22.4 Å². The Labute approximate surface area is 181 Å². The SMILES string of the molecule is Cc1ccc(C=c2[nH]c(=O)c(=Cc3cccc(C(=O)c4ccc(F)cc4)c3)[nH]c2=O)nc1. The quantitative estimate of drug-likeness (QED) is 0.486. The monoisotopic (exact) mass is 427 g/mol. The molecule has 2 N–H and O–H groups in total. The minimum absolute atomic E-state index is 0.0513. The maximum Gasteiger partial charge on any atom is 0.272 e. The molecule has 0 saturated carbocycles. The fraction of sp³-hybridized carbons (Fsp3) is 0.0400. The van der Waals surface area contributed by atoms with Crippen LogP contribution in [0.15, 0.2) is 76.4 Å². The predicted octanol–water partition coefficient (Wildman–Crippen LogP) is 1.79. The molecule has 2 aromatic carbocycles. The second-order valence-electron chi connectivity index (χ2n) is 7.25. The molecule has 0 atom stereocenters. The van der Waals surface area contributed by atoms with Gasteiger partial charge in [-0.15, -0.1) is 0 Å². The van der Waals surface area contributed by atoms with Crippen LogP contribution in [-0.4, -0.2) is 20.7 Å². The van der Waals surface area contributed by atoms with Crippen LogP contribution in [0.1, 0.15) is 32.7 Å². The molecule has 0 fully saturated rings. The summed E-state index contributed by atoms with van der Waals surface area (Å²) >= 11 is 0. The van der Waals surface area contributed by atoms with E-state index in [9.17, 15) is 18.8 Å². The smallest absolute Gasteiger partial charge is 0.272 e. The summed E-state index contributed by atoms with van der Waals surface area (Å²) in [6.07, 6.45) is 4.64. The summed E-state index contributed by atoms with van der Waals surface area (Å²) in [5, 5.41) is 0.138. The van der Waals surface area contributed by atoms with Gasteiger partial charge >= 0.3 is 0 Å². The zero-order valence-corrected chi connectivity index (χ0v) is 17.1. The molecule has 0 aliphatic rings. The number of nitrogens with one attached hydrogen (secondary N) is 2. The van der Waals surface area contributed by atoms with E-state index in [0.717, 1.165) is 5.56 Å². The molecular weight excluding hydrogens is 409 g/mol. The Bertz CT molecular complexity index is 1530. The lowest BCUT2D eigenvalue weighted by Gasteiger charge is -2.02. The van der Waals surface area contributed by atoms with Gasteiger partial charge < -0.3 is 9.97 Å². The molecule has 0 aliphatic heterocycles. The first-order valence-corrected chi connectivity index (χ1v) is 9.78. The molecule has 0 bridgehead atoms. The molecule has 2 aromatic heterocycles. The van der Waals surface area contributed by atoms with Crippen molar-refractivity contribution in [1.82, 2.24) is 15.0 Å². The number of hydrogen-bond acceptors (Lipinski definition) is 4. The normalized spacial score (nSPS) is 12.2. The third kappa shape index (κ3) is 4.67. The van der Waals surface area contributed by atoms with E-state index >= 15 is 0 Å². The van der Waals surface area contributed by atoms with E-state index < -0.39 is 16.9 Å². The summed E-state index contributed by atoms with van der Waals surface area (Å²) in [4.78, 5) is 47.0. The Kier molecular flexibility index (Phi) is 5.72. The number of halogens is 1. The van der Waals surface area contributed by atoms with Crippen molar-refractivity contribution in [2.75, 3.05) is 0 Å². The number of aryl methyl sites for hydroxylation is 1. The van der Waals surface area contributed by atoms with Crippen LogP contribution >= 0.6 is 0 Å². The van der Waals surface area contributed by atoms with Crippen molar-refractivity contribution in [2.24, 2.45) is 0 Å². The number of hydrogen-bond donors (Lipinski definition) is 2. The number of aromatic amines is 2. The largest absolute Gasteiger partial charge is 0.316 e. The van der Waals surface area contributed by atoms with Gasteiger partial charge in [-0.05, 0) is 66.6 Å². The molecule has 32 heavy (non-hydrogen) atoms. The summed E-state index contributed by atoms with van der Waals surface area (Å²) in [5.41, 5.74) is 1.83. The average molecular weight is 427 g/mol. The van der Waals surface area contributed by atoms with Crippen molar-refractivity contribution in [1.29, 1.82) is 0 Å². The summed E-state index contributed by atoms with van der Waals surface area (Å²) in [6.45, 7) is 1.90. The molecule has 0 aliphatic carbocycles. The van der Waals surface area contributed by atoms with Crippen molar-refractivity contribution in [3.05, 3.63) is 132 Å². The highest BCUT2D eigenvalue weighted by Crippen LogP contribution is 2.13. The van der Waals surface area contributed by atoms with Crippen molar-refractivity contribution in [2.45, 2.75) is 6.92 Å². The fourth-order valence-corrected chi connectivity index (χ4v) is 3.11. The van der Waals surface area contributed by atoms with Gasteiger partial charge in [0, 0.05) is 17.3 Å². The summed E-state index contributed by atoms with van der Waals surface area (Å²) < 4.78 is 13.1. The number of rotatable bonds is 4. The number of H-pyrrole nitrogens is 2. The molecule has 0 unspecified atom stereocenters. The first kappa shape index (κ1) is 20.9. The average Bonchev–Trinajstić information content (AvgIpc) is 2.79. The highest BCUT2D eigenvalue weighted by atomic mass is 19.1. The Balaban J connectivity index is 1.71. The zero-order valence-electron chi connectivity index (χ0n) is 17.1. The molecule has 6 nitrogen and oxygen atoms in total. The Morgan fingerprint density at radius 1 is 0.875 bits per heavy atom. The van der Waals surface area contributed by atoms with Crippen LogP contribution in [0.25, 0.3) is 12.2 Å². The van der Waals surface area contributed by atoms with Crippen molar-refractivity contribution in [3.63, 3.8) is 0 Å². The van der Waals surface area contributed by atoms with Gasteiger partial charge in [-0.3, -0.25) is 19.4 Å². The fourth-order valence-electron chi connectivity index (χ4n) is 3.11. The number of nitrogens with zero attached hydrogens (tertiary/aromatic N) is 1. The maximum atomic E-state index is 13.1. The molecule has 158 valence electrons. The van der Waals surface area contributed by atoms with Gasteiger partial charge in [0.05, 0.1) is 5.69 Å². The van der Waals surface area contributed by atoms with Gasteiger partial charge in [0.2, 0.25) is 0 Å². The van der Waals surface area contributed by atoms with Crippen LogP contribution in [0.2, 0.25) is 0 Å². The van der Waals surface area contributed by atoms with Crippen LogP contribution in [0.5, 0.6) is 0 Å². The van der Waals surface area contributed by atoms with E-state index in [1.165, 1.54) is 36.4 Å². The lowest BCUT2D eigenvalue weighted by Crippen LogP contribution is -2.46. The van der Waals surface area contributed by atoms with Crippen molar-refractivity contribution in [3.8, 4) is 0 Å². The summed E-state index contributed by atoms with van der Waals surface area (Å²) in [6, 6.07) is 15.5. The highest BCUT2D eigenvalue weighted by molar-refractivity contribution is 6.09. The molecule has 0 saturated heterocycles. The molecule has 0 spiro atoms. The van der Waals surface area contributed by atoms with Gasteiger partial charge in [-0.2, -0.15) is 0 Å². The van der Waals surface area contributed by atoms with Crippen LogP contribution in [-0.2, 0) is 0 Å². The minimum atomic E-state index is -0.488. The van der Waals surface area contributed by atoms with Crippen LogP contribution in [0.4, 0.5) is 4.39 Å². The van der Waals surface area contributed by atoms with Crippen LogP contribution < -0.4 is 21.8 Å². The maximum absolute atomic E-state index is 13.1. The number of pyridine rings is 1. The molecular formula is C25H18FN3O3. The van der Waals surface area contributed by atoms with Gasteiger partial charge in [0.1, 0.15) is 16.5 Å². The van der Waals surface area contributed by atoms with E-state index in [1.807, 2.05) is 13.0 Å². The van der Waals surface area contributed by atoms with Crippen molar-refractivity contribution < 1.29 is 9.18 Å². The predicted molar refractivity (Wildman–Crippen MR) is 119 cm³/mol. The number of ketones is 1. The standard InChI is InChI=1S/C25H18FN3O3/c1-15-5-10-20(27-14-15)13-22-25(32)28-21(24(31)29-22)12-16-3-2-4-18(11-16)23(30)17-6-8-19(26)9-7-17/h2-14H,1H3,(H,28,32)(H,29,31). The number of benzene rings is 2. The summed E-state index contributed by atoms with van der Waals surface area (Å²) in [5.74, 6) is -0.705. The van der Waals surface area contributed by atoms with Crippen LogP contribution in [0.3, 0.4) is 0 Å². The molecule has 4 aromatic rings. The van der Waals surface area contributed by atoms with Crippen LogP contribution in [0, 0.1) is 12.7 Å². The van der Waals surface area contributed by atoms with E-state index in [2.05, 4.69) is 15.0 Å². The Morgan fingerprint density at radius 2 is 1.56 bits per heavy atom. The van der Waals surface area contributed by atoms with Gasteiger partial charge in [0.15, 0.2) is 5.78 Å². The summed E-state index contributed by atoms with van der Waals surface area (Å²) in [7, 11) is 0. The number of carbonyl (C=O) groups is 1. The van der Waals surface area contributed by atoms with Gasteiger partial charge in [-0.1, -0.05) is 24.3 Å². The highest BCUT2D eigenvalue weighted by Gasteiger charge is 2.09. The second kappa shape index (κ2) is 8.77. The lowest BCUT2D eigenvalue weighted by molar-refractivity contribution is 0.103. The third-order valence-electron chi connectivity index (χ3n) is 4.78. The lowest BCUT2D eigenvalue weighted by atomic mass is 10.0. The minimum Gasteiger partial charge on any atom is -0.316 e. The molecule has 4 rings (SSSR count). The van der Waals surface area contributed by atoms with E-state index in [4.69, 9.17) is 0 Å². The topological polar surface area (TPSA) is 95.7 Å². The first-order chi connectivity index (χ1) is 15.4. The Hall–Kier alpha value is -4.39. The number of carbonyl (C=O) groups excluding carboxylic acids is 1. The third-order valence-corrected chi connectivity index (χ3v) is 4.78. The van der Waals surface area contributed by atoms with Gasteiger partial charge in [0.25, 0.3) is 11.1 Å². The van der Waals surface area contributed by atoms with Crippen molar-refractivity contribution >= 4 is 17.9 Å². The first-order valence-electron chi connectivity index (χ1n) is 9.78.